The molecule has 2 heterocycles. The molecule has 0 saturated heterocycles. The highest BCUT2D eigenvalue weighted by Gasteiger charge is 2.20. The van der Waals surface area contributed by atoms with Crippen molar-refractivity contribution in [2.45, 2.75) is 0 Å². The monoisotopic (exact) mass is 369 g/mol. The van der Waals surface area contributed by atoms with Crippen molar-refractivity contribution in [2.24, 2.45) is 0 Å². The second kappa shape index (κ2) is 6.34. The zero-order valence-corrected chi connectivity index (χ0v) is 14.8. The van der Waals surface area contributed by atoms with Crippen LogP contribution in [0.2, 0.25) is 0 Å². The molecule has 0 aliphatic heterocycles. The molecule has 0 radical (unpaired) electrons. The van der Waals surface area contributed by atoms with Crippen LogP contribution in [0.25, 0.3) is 20.8 Å². The first-order valence-corrected chi connectivity index (χ1v) is 9.16. The van der Waals surface area contributed by atoms with E-state index in [0.717, 1.165) is 15.8 Å². The summed E-state index contributed by atoms with van der Waals surface area (Å²) >= 11 is 2.82. The van der Waals surface area contributed by atoms with Crippen LogP contribution in [-0.2, 0) is 0 Å². The number of hydrogen-bond acceptors (Lipinski definition) is 5. The summed E-state index contributed by atoms with van der Waals surface area (Å²) in [5.41, 5.74) is 2.01. The molecule has 0 unspecified atom stereocenters. The van der Waals surface area contributed by atoms with Gasteiger partial charge in [-0.05, 0) is 36.4 Å². The van der Waals surface area contributed by atoms with Gasteiger partial charge in [0.05, 0.1) is 10.2 Å². The number of fused-ring (bicyclic) bond motifs is 1. The normalized spacial score (nSPS) is 11.0. The molecule has 2 aromatic heterocycles. The third-order valence-electron chi connectivity index (χ3n) is 3.69. The summed E-state index contributed by atoms with van der Waals surface area (Å²) in [4.78, 5) is 23.1. The van der Waals surface area contributed by atoms with Gasteiger partial charge in [0, 0.05) is 18.0 Å². The molecule has 0 atom stereocenters. The lowest BCUT2D eigenvalue weighted by atomic mass is 10.2. The summed E-state index contributed by atoms with van der Waals surface area (Å²) in [6, 6.07) is 13.8. The smallest absolute Gasteiger partial charge is 0.279 e. The Kier molecular flexibility index (Phi) is 4.03. The second-order valence-electron chi connectivity index (χ2n) is 5.37. The van der Waals surface area contributed by atoms with Gasteiger partial charge in [0.2, 0.25) is 0 Å². The van der Waals surface area contributed by atoms with Gasteiger partial charge < -0.3 is 0 Å². The fourth-order valence-electron chi connectivity index (χ4n) is 2.36. The summed E-state index contributed by atoms with van der Waals surface area (Å²) in [6.45, 7) is 0. The third-order valence-corrected chi connectivity index (χ3v) is 5.69. The van der Waals surface area contributed by atoms with Crippen LogP contribution in [-0.4, -0.2) is 22.9 Å². The van der Waals surface area contributed by atoms with Crippen LogP contribution in [0.1, 0.15) is 10.5 Å². The van der Waals surface area contributed by atoms with E-state index in [1.54, 1.807) is 24.6 Å². The Morgan fingerprint density at radius 1 is 1.08 bits per heavy atom. The number of para-hydroxylation sites is 1. The summed E-state index contributed by atoms with van der Waals surface area (Å²) in [7, 11) is 1.69. The fraction of sp³-hybridized carbons (Fsp3) is 0.0556. The largest absolute Gasteiger partial charge is 0.286 e. The molecule has 2 aromatic carbocycles. The quantitative estimate of drug-likeness (QED) is 0.519. The molecule has 4 rings (SSSR count). The Labute approximate surface area is 151 Å². The predicted octanol–water partition coefficient (Wildman–Crippen LogP) is 4.84. The van der Waals surface area contributed by atoms with E-state index < -0.39 is 0 Å². The van der Waals surface area contributed by atoms with Crippen molar-refractivity contribution in [3.05, 3.63) is 65.4 Å². The number of rotatable bonds is 3. The maximum atomic E-state index is 13.0. The van der Waals surface area contributed by atoms with E-state index in [9.17, 15) is 9.18 Å². The highest BCUT2D eigenvalue weighted by molar-refractivity contribution is 7.22. The molecule has 124 valence electrons. The number of aromatic nitrogens is 2. The Balaban J connectivity index is 1.61. The molecular formula is C18H12FN3OS2. The molecule has 0 bridgehead atoms. The summed E-state index contributed by atoms with van der Waals surface area (Å²) in [6.07, 6.45) is 0. The van der Waals surface area contributed by atoms with Crippen molar-refractivity contribution in [3.63, 3.8) is 0 Å². The van der Waals surface area contributed by atoms with Gasteiger partial charge in [-0.1, -0.05) is 23.5 Å². The van der Waals surface area contributed by atoms with E-state index in [1.807, 2.05) is 24.3 Å². The zero-order chi connectivity index (χ0) is 17.4. The zero-order valence-electron chi connectivity index (χ0n) is 13.1. The van der Waals surface area contributed by atoms with Crippen LogP contribution in [0.4, 0.5) is 9.52 Å². The second-order valence-corrected chi connectivity index (χ2v) is 7.24. The first-order valence-electron chi connectivity index (χ1n) is 7.47. The number of benzene rings is 2. The lowest BCUT2D eigenvalue weighted by molar-refractivity contribution is 0.0989. The molecule has 0 saturated carbocycles. The number of thiazole rings is 2. The molecule has 7 heteroatoms. The summed E-state index contributed by atoms with van der Waals surface area (Å²) in [5, 5.41) is 3.02. The van der Waals surface area contributed by atoms with E-state index in [0.29, 0.717) is 15.8 Å². The van der Waals surface area contributed by atoms with Gasteiger partial charge in [0.1, 0.15) is 16.5 Å². The minimum atomic E-state index is -0.299. The molecule has 0 fully saturated rings. The highest BCUT2D eigenvalue weighted by Crippen LogP contribution is 2.30. The predicted molar refractivity (Wildman–Crippen MR) is 99.9 cm³/mol. The maximum absolute atomic E-state index is 13.0. The molecule has 0 spiro atoms. The number of anilines is 1. The van der Waals surface area contributed by atoms with E-state index in [4.69, 9.17) is 0 Å². The van der Waals surface area contributed by atoms with Gasteiger partial charge in [0.15, 0.2) is 5.13 Å². The van der Waals surface area contributed by atoms with Gasteiger partial charge >= 0.3 is 0 Å². The number of carbonyl (C=O) groups is 1. The van der Waals surface area contributed by atoms with Gasteiger partial charge in [-0.25, -0.2) is 14.4 Å². The van der Waals surface area contributed by atoms with Gasteiger partial charge in [-0.15, -0.1) is 11.3 Å². The molecule has 0 N–H and O–H groups in total. The van der Waals surface area contributed by atoms with Crippen molar-refractivity contribution in [2.75, 3.05) is 11.9 Å². The first-order chi connectivity index (χ1) is 12.1. The minimum Gasteiger partial charge on any atom is -0.286 e. The van der Waals surface area contributed by atoms with Crippen LogP contribution in [0.15, 0.2) is 53.9 Å². The molecular weight excluding hydrogens is 357 g/mol. The number of halogens is 1. The van der Waals surface area contributed by atoms with Crippen LogP contribution >= 0.6 is 22.7 Å². The highest BCUT2D eigenvalue weighted by atomic mass is 32.1. The molecule has 1 amide bonds. The Morgan fingerprint density at radius 3 is 2.60 bits per heavy atom. The van der Waals surface area contributed by atoms with Crippen LogP contribution in [0.5, 0.6) is 0 Å². The lowest BCUT2D eigenvalue weighted by Gasteiger charge is -2.11. The molecule has 25 heavy (non-hydrogen) atoms. The Bertz CT molecular complexity index is 1020. The van der Waals surface area contributed by atoms with Gasteiger partial charge in [-0.3, -0.25) is 9.69 Å². The fourth-order valence-corrected chi connectivity index (χ4v) is 4.08. The van der Waals surface area contributed by atoms with Crippen LogP contribution in [0.3, 0.4) is 0 Å². The Hall–Kier alpha value is -2.64. The number of amides is 1. The standard InChI is InChI=1S/C18H12FN3OS2/c1-22(18-21-13-4-2-3-5-15(13)25-18)17(23)14-10-24-16(20-14)11-6-8-12(19)9-7-11/h2-10H,1H3. The number of carbonyl (C=O) groups excluding carboxylic acids is 1. The van der Waals surface area contributed by atoms with Crippen LogP contribution < -0.4 is 4.90 Å². The summed E-state index contributed by atoms with van der Waals surface area (Å²) < 4.78 is 14.1. The molecule has 0 aliphatic rings. The third kappa shape index (κ3) is 3.04. The molecule has 4 aromatic rings. The van der Waals surface area contributed by atoms with Crippen molar-refractivity contribution in [1.82, 2.24) is 9.97 Å². The first kappa shape index (κ1) is 15.9. The number of hydrogen-bond donors (Lipinski definition) is 0. The van der Waals surface area contributed by atoms with Crippen molar-refractivity contribution >= 4 is 43.9 Å². The Morgan fingerprint density at radius 2 is 1.84 bits per heavy atom. The van der Waals surface area contributed by atoms with E-state index >= 15 is 0 Å². The summed E-state index contributed by atoms with van der Waals surface area (Å²) in [5.74, 6) is -0.518. The SMILES string of the molecule is CN(C(=O)c1csc(-c2ccc(F)cc2)n1)c1nc2ccccc2s1. The minimum absolute atomic E-state index is 0.219. The van der Waals surface area contributed by atoms with Crippen LogP contribution in [0, 0.1) is 5.82 Å². The van der Waals surface area contributed by atoms with Crippen molar-refractivity contribution < 1.29 is 9.18 Å². The van der Waals surface area contributed by atoms with E-state index in [1.165, 1.54) is 39.7 Å². The maximum Gasteiger partial charge on any atom is 0.279 e. The molecule has 4 nitrogen and oxygen atoms in total. The van der Waals surface area contributed by atoms with E-state index in [2.05, 4.69) is 9.97 Å². The number of nitrogens with zero attached hydrogens (tertiary/aromatic N) is 3. The van der Waals surface area contributed by atoms with Crippen molar-refractivity contribution in [1.29, 1.82) is 0 Å². The molecule has 0 aliphatic carbocycles. The average molecular weight is 369 g/mol. The van der Waals surface area contributed by atoms with Gasteiger partial charge in [-0.2, -0.15) is 0 Å². The lowest BCUT2D eigenvalue weighted by Crippen LogP contribution is -2.26. The van der Waals surface area contributed by atoms with Crippen molar-refractivity contribution in [3.8, 4) is 10.6 Å². The topological polar surface area (TPSA) is 46.1 Å². The average Bonchev–Trinajstić information content (AvgIpc) is 3.28. The van der Waals surface area contributed by atoms with Gasteiger partial charge in [0.25, 0.3) is 5.91 Å². The van der Waals surface area contributed by atoms with E-state index in [-0.39, 0.29) is 11.7 Å².